The van der Waals surface area contributed by atoms with Crippen LogP contribution in [0.2, 0.25) is 0 Å². The second-order valence-electron chi connectivity index (χ2n) is 6.07. The number of urea groups is 1. The molecule has 1 aliphatic heterocycles. The number of likely N-dealkylation sites (N-methyl/N-ethyl adjacent to an activating group) is 2. The van der Waals surface area contributed by atoms with Crippen molar-refractivity contribution in [2.45, 2.75) is 33.7 Å². The third-order valence-electron chi connectivity index (χ3n) is 4.24. The van der Waals surface area contributed by atoms with Crippen molar-refractivity contribution in [1.82, 2.24) is 15.1 Å². The second-order valence-corrected chi connectivity index (χ2v) is 6.07. The highest BCUT2D eigenvalue weighted by Crippen LogP contribution is 2.25. The fraction of sp³-hybridized carbons (Fsp3) is 0.588. The Morgan fingerprint density at radius 2 is 1.81 bits per heavy atom. The van der Waals surface area contributed by atoms with Crippen LogP contribution in [-0.4, -0.2) is 49.1 Å². The number of amides is 2. The number of carbonyl (C=O) groups excluding carboxylic acids is 1. The predicted octanol–water partition coefficient (Wildman–Crippen LogP) is 2.63. The van der Waals surface area contributed by atoms with E-state index in [0.717, 1.165) is 26.2 Å². The van der Waals surface area contributed by atoms with Crippen LogP contribution in [0.3, 0.4) is 0 Å². The minimum Gasteiger partial charge on any atom is -0.326 e. The Morgan fingerprint density at radius 1 is 1.19 bits per heavy atom. The fourth-order valence-electron chi connectivity index (χ4n) is 3.34. The summed E-state index contributed by atoms with van der Waals surface area (Å²) in [4.78, 5) is 15.9. The molecular formula is C17H27N3O. The van der Waals surface area contributed by atoms with E-state index in [1.165, 1.54) is 22.3 Å². The van der Waals surface area contributed by atoms with E-state index < -0.39 is 0 Å². The first-order valence-corrected chi connectivity index (χ1v) is 7.75. The van der Waals surface area contributed by atoms with Gasteiger partial charge in [-0.05, 0) is 44.0 Å². The van der Waals surface area contributed by atoms with Gasteiger partial charge in [0.05, 0.1) is 6.04 Å². The van der Waals surface area contributed by atoms with Gasteiger partial charge in [-0.1, -0.05) is 24.6 Å². The molecule has 1 unspecified atom stereocenters. The lowest BCUT2D eigenvalue weighted by Crippen LogP contribution is -2.38. The van der Waals surface area contributed by atoms with Crippen LogP contribution >= 0.6 is 0 Å². The van der Waals surface area contributed by atoms with Crippen LogP contribution in [0.5, 0.6) is 0 Å². The quantitative estimate of drug-likeness (QED) is 0.904. The average molecular weight is 289 g/mol. The summed E-state index contributed by atoms with van der Waals surface area (Å²) >= 11 is 0. The number of aryl methyl sites for hydroxylation is 3. The largest absolute Gasteiger partial charge is 0.326 e. The topological polar surface area (TPSA) is 35.6 Å². The van der Waals surface area contributed by atoms with E-state index in [-0.39, 0.29) is 12.1 Å². The minimum absolute atomic E-state index is 0.139. The van der Waals surface area contributed by atoms with Crippen molar-refractivity contribution in [3.8, 4) is 0 Å². The molecule has 1 aromatic rings. The molecule has 21 heavy (non-hydrogen) atoms. The molecule has 1 fully saturated rings. The Balaban J connectivity index is 2.25. The number of carbonyl (C=O) groups is 1. The lowest BCUT2D eigenvalue weighted by atomic mass is 9.93. The molecule has 0 radical (unpaired) electrons. The summed E-state index contributed by atoms with van der Waals surface area (Å²) in [5.41, 5.74) is 5.24. The van der Waals surface area contributed by atoms with E-state index in [4.69, 9.17) is 0 Å². The third kappa shape index (κ3) is 3.38. The Morgan fingerprint density at radius 3 is 2.29 bits per heavy atom. The van der Waals surface area contributed by atoms with Crippen molar-refractivity contribution in [2.75, 3.05) is 33.2 Å². The van der Waals surface area contributed by atoms with Crippen molar-refractivity contribution in [3.05, 3.63) is 34.4 Å². The molecule has 0 bridgehead atoms. The van der Waals surface area contributed by atoms with Gasteiger partial charge in [-0.2, -0.15) is 0 Å². The fourth-order valence-corrected chi connectivity index (χ4v) is 3.34. The van der Waals surface area contributed by atoms with E-state index in [1.807, 2.05) is 11.9 Å². The number of benzene rings is 1. The predicted molar refractivity (Wildman–Crippen MR) is 86.7 cm³/mol. The van der Waals surface area contributed by atoms with Gasteiger partial charge in [-0.25, -0.2) is 4.79 Å². The van der Waals surface area contributed by atoms with Crippen LogP contribution in [0.25, 0.3) is 0 Å². The highest BCUT2D eigenvalue weighted by atomic mass is 16.2. The second kappa shape index (κ2) is 6.48. The Labute approximate surface area is 128 Å². The molecule has 0 saturated carbocycles. The lowest BCUT2D eigenvalue weighted by Gasteiger charge is -2.27. The number of nitrogens with one attached hydrogen (secondary N) is 1. The van der Waals surface area contributed by atoms with Gasteiger partial charge < -0.3 is 15.1 Å². The normalized spacial score (nSPS) is 16.7. The molecule has 2 rings (SSSR count). The molecule has 1 aliphatic rings. The van der Waals surface area contributed by atoms with Crippen LogP contribution in [0, 0.1) is 20.8 Å². The summed E-state index contributed by atoms with van der Waals surface area (Å²) in [6.07, 6.45) is 0. The first-order chi connectivity index (χ1) is 9.93. The summed E-state index contributed by atoms with van der Waals surface area (Å²) in [6.45, 7) is 11.9. The van der Waals surface area contributed by atoms with Crippen LogP contribution in [0.15, 0.2) is 12.1 Å². The lowest BCUT2D eigenvalue weighted by molar-refractivity contribution is 0.194. The maximum atomic E-state index is 12.1. The monoisotopic (exact) mass is 289 g/mol. The Bertz CT molecular complexity index is 504. The van der Waals surface area contributed by atoms with E-state index in [0.29, 0.717) is 0 Å². The molecule has 0 aromatic heterocycles. The summed E-state index contributed by atoms with van der Waals surface area (Å²) in [7, 11) is 1.87. The van der Waals surface area contributed by atoms with E-state index >= 15 is 0 Å². The molecule has 1 aromatic carbocycles. The molecular weight excluding hydrogens is 262 g/mol. The van der Waals surface area contributed by atoms with E-state index in [1.54, 1.807) is 4.90 Å². The van der Waals surface area contributed by atoms with Crippen molar-refractivity contribution >= 4 is 6.03 Å². The number of rotatable bonds is 5. The SMILES string of the molecule is CCNC(CN1CCN(C)C1=O)c1c(C)cc(C)cc1C. The molecule has 116 valence electrons. The van der Waals surface area contributed by atoms with Gasteiger partial charge in [-0.15, -0.1) is 0 Å². The number of nitrogens with zero attached hydrogens (tertiary/aromatic N) is 2. The molecule has 2 amide bonds. The van der Waals surface area contributed by atoms with Gasteiger partial charge >= 0.3 is 6.03 Å². The Hall–Kier alpha value is -1.55. The molecule has 1 N–H and O–H groups in total. The molecule has 0 aliphatic carbocycles. The first-order valence-electron chi connectivity index (χ1n) is 7.75. The van der Waals surface area contributed by atoms with Gasteiger partial charge in [-0.3, -0.25) is 0 Å². The average Bonchev–Trinajstić information content (AvgIpc) is 2.69. The molecule has 1 atom stereocenters. The summed E-state index contributed by atoms with van der Waals surface area (Å²) in [5, 5.41) is 3.55. The van der Waals surface area contributed by atoms with Crippen molar-refractivity contribution in [1.29, 1.82) is 0 Å². The van der Waals surface area contributed by atoms with Crippen LogP contribution in [-0.2, 0) is 0 Å². The van der Waals surface area contributed by atoms with Crippen molar-refractivity contribution < 1.29 is 4.79 Å². The van der Waals surface area contributed by atoms with Gasteiger partial charge in [0, 0.05) is 26.7 Å². The molecule has 4 heteroatoms. The van der Waals surface area contributed by atoms with Gasteiger partial charge in [0.15, 0.2) is 0 Å². The van der Waals surface area contributed by atoms with Crippen molar-refractivity contribution in [3.63, 3.8) is 0 Å². The Kier molecular flexibility index (Phi) is 4.88. The van der Waals surface area contributed by atoms with E-state index in [2.05, 4.69) is 45.1 Å². The minimum atomic E-state index is 0.139. The zero-order chi connectivity index (χ0) is 15.6. The molecule has 0 spiro atoms. The van der Waals surface area contributed by atoms with Crippen molar-refractivity contribution in [2.24, 2.45) is 0 Å². The first kappa shape index (κ1) is 15.8. The van der Waals surface area contributed by atoms with Crippen LogP contribution in [0.1, 0.15) is 35.2 Å². The van der Waals surface area contributed by atoms with E-state index in [9.17, 15) is 4.79 Å². The highest BCUT2D eigenvalue weighted by molar-refractivity contribution is 5.76. The number of hydrogen-bond donors (Lipinski definition) is 1. The molecule has 1 saturated heterocycles. The summed E-state index contributed by atoms with van der Waals surface area (Å²) in [6, 6.07) is 4.79. The van der Waals surface area contributed by atoms with Gasteiger partial charge in [0.2, 0.25) is 0 Å². The highest BCUT2D eigenvalue weighted by Gasteiger charge is 2.28. The molecule has 1 heterocycles. The third-order valence-corrected chi connectivity index (χ3v) is 4.24. The van der Waals surface area contributed by atoms with Gasteiger partial charge in [0.25, 0.3) is 0 Å². The van der Waals surface area contributed by atoms with Crippen LogP contribution in [0.4, 0.5) is 4.79 Å². The number of hydrogen-bond acceptors (Lipinski definition) is 2. The maximum Gasteiger partial charge on any atom is 0.319 e. The van der Waals surface area contributed by atoms with Crippen LogP contribution < -0.4 is 5.32 Å². The summed E-state index contributed by atoms with van der Waals surface area (Å²) in [5.74, 6) is 0. The summed E-state index contributed by atoms with van der Waals surface area (Å²) < 4.78 is 0. The zero-order valence-corrected chi connectivity index (χ0v) is 13.9. The van der Waals surface area contributed by atoms with Gasteiger partial charge in [0.1, 0.15) is 0 Å². The zero-order valence-electron chi connectivity index (χ0n) is 13.9. The maximum absolute atomic E-state index is 12.1. The molecule has 4 nitrogen and oxygen atoms in total. The standard InChI is InChI=1S/C17H27N3O/c1-6-18-15(11-20-8-7-19(5)17(20)21)16-13(3)9-12(2)10-14(16)4/h9-10,15,18H,6-8,11H2,1-5H3. The smallest absolute Gasteiger partial charge is 0.319 e.